The maximum absolute atomic E-state index is 12.5. The van der Waals surface area contributed by atoms with Crippen LogP contribution >= 0.6 is 0 Å². The molecule has 2 aromatic rings. The van der Waals surface area contributed by atoms with Gasteiger partial charge in [0.15, 0.2) is 5.76 Å². The van der Waals surface area contributed by atoms with Gasteiger partial charge in [-0.2, -0.15) is 4.31 Å². The van der Waals surface area contributed by atoms with Gasteiger partial charge in [-0.15, -0.1) is 10.2 Å². The van der Waals surface area contributed by atoms with E-state index in [2.05, 4.69) is 15.4 Å². The molecule has 0 radical (unpaired) electrons. The van der Waals surface area contributed by atoms with E-state index < -0.39 is 10.0 Å². The third-order valence-electron chi connectivity index (χ3n) is 2.81. The molecule has 0 atom stereocenters. The number of sulfonamides is 1. The minimum absolute atomic E-state index is 0.000602. The molecule has 0 fully saturated rings. The second-order valence-electron chi connectivity index (χ2n) is 4.36. The van der Waals surface area contributed by atoms with Crippen molar-refractivity contribution in [3.8, 4) is 0 Å². The minimum Gasteiger partial charge on any atom is -0.424 e. The van der Waals surface area contributed by atoms with E-state index in [1.165, 1.54) is 7.05 Å². The van der Waals surface area contributed by atoms with Crippen LogP contribution in [0.1, 0.15) is 30.2 Å². The second kappa shape index (κ2) is 5.33. The summed E-state index contributed by atoms with van der Waals surface area (Å²) in [5, 5.41) is 11.3. The highest BCUT2D eigenvalue weighted by Gasteiger charge is 2.29. The monoisotopic (exact) mass is 300 g/mol. The maximum atomic E-state index is 12.5. The zero-order valence-corrected chi connectivity index (χ0v) is 12.6. The average Bonchev–Trinajstić information content (AvgIpc) is 2.96. The molecule has 2 aromatic heterocycles. The molecular formula is C11H16N4O4S. The van der Waals surface area contributed by atoms with Gasteiger partial charge >= 0.3 is 0 Å². The van der Waals surface area contributed by atoms with Crippen molar-refractivity contribution in [2.24, 2.45) is 0 Å². The van der Waals surface area contributed by atoms with Crippen molar-refractivity contribution in [1.29, 1.82) is 0 Å². The fourth-order valence-corrected chi connectivity index (χ4v) is 3.17. The number of nitrogens with zero attached hydrogens (tertiary/aromatic N) is 4. The third kappa shape index (κ3) is 2.59. The Balaban J connectivity index is 2.26. The van der Waals surface area contributed by atoms with Crippen LogP contribution in [0.15, 0.2) is 13.8 Å². The lowest BCUT2D eigenvalue weighted by molar-refractivity contribution is 0.378. The number of rotatable bonds is 5. The lowest BCUT2D eigenvalue weighted by Gasteiger charge is -2.14. The van der Waals surface area contributed by atoms with Crippen molar-refractivity contribution in [3.05, 3.63) is 23.2 Å². The Kier molecular flexibility index (Phi) is 3.91. The van der Waals surface area contributed by atoms with Crippen LogP contribution in [0.25, 0.3) is 0 Å². The van der Waals surface area contributed by atoms with Gasteiger partial charge in [0.25, 0.3) is 0 Å². The van der Waals surface area contributed by atoms with E-state index in [0.717, 1.165) is 4.31 Å². The molecule has 0 amide bonds. The quantitative estimate of drug-likeness (QED) is 0.813. The van der Waals surface area contributed by atoms with Crippen LogP contribution in [0.2, 0.25) is 0 Å². The molecule has 0 saturated heterocycles. The fourth-order valence-electron chi connectivity index (χ4n) is 1.77. The predicted molar refractivity (Wildman–Crippen MR) is 68.3 cm³/mol. The Morgan fingerprint density at radius 3 is 2.35 bits per heavy atom. The number of hydrogen-bond acceptors (Lipinski definition) is 7. The molecule has 0 bridgehead atoms. The molecule has 0 aliphatic carbocycles. The van der Waals surface area contributed by atoms with Crippen molar-refractivity contribution in [1.82, 2.24) is 19.7 Å². The lowest BCUT2D eigenvalue weighted by Crippen LogP contribution is -2.27. The first-order valence-electron chi connectivity index (χ1n) is 6.06. The van der Waals surface area contributed by atoms with Gasteiger partial charge in [-0.1, -0.05) is 12.1 Å². The standard InChI is InChI=1S/C11H16N4O4S/c1-5-9-12-13-10(18-9)6-15(4)20(16,17)11-7(2)14-19-8(11)3/h5-6H2,1-4H3. The van der Waals surface area contributed by atoms with Gasteiger partial charge in [-0.3, -0.25) is 0 Å². The van der Waals surface area contributed by atoms with Gasteiger partial charge < -0.3 is 8.94 Å². The van der Waals surface area contributed by atoms with Crippen molar-refractivity contribution in [3.63, 3.8) is 0 Å². The molecule has 2 rings (SSSR count). The van der Waals surface area contributed by atoms with Gasteiger partial charge in [-0.25, -0.2) is 8.42 Å². The Morgan fingerprint density at radius 2 is 1.85 bits per heavy atom. The number of hydrogen-bond donors (Lipinski definition) is 0. The molecule has 110 valence electrons. The van der Waals surface area contributed by atoms with Crippen molar-refractivity contribution < 1.29 is 17.4 Å². The maximum Gasteiger partial charge on any atom is 0.248 e. The Hall–Kier alpha value is -1.74. The Bertz CT molecular complexity index is 684. The van der Waals surface area contributed by atoms with Crippen LogP contribution < -0.4 is 0 Å². The normalized spacial score (nSPS) is 12.2. The van der Waals surface area contributed by atoms with Crippen molar-refractivity contribution >= 4 is 10.0 Å². The molecule has 9 heteroatoms. The molecule has 0 aliphatic rings. The van der Waals surface area contributed by atoms with E-state index in [9.17, 15) is 8.42 Å². The molecule has 2 heterocycles. The van der Waals surface area contributed by atoms with Crippen LogP contribution in [0.4, 0.5) is 0 Å². The topological polar surface area (TPSA) is 102 Å². The molecule has 0 aromatic carbocycles. The molecule has 20 heavy (non-hydrogen) atoms. The summed E-state index contributed by atoms with van der Waals surface area (Å²) in [6.45, 7) is 5.02. The first-order chi connectivity index (χ1) is 9.36. The summed E-state index contributed by atoms with van der Waals surface area (Å²) in [5.74, 6) is 0.983. The van der Waals surface area contributed by atoms with E-state index in [4.69, 9.17) is 8.94 Å². The summed E-state index contributed by atoms with van der Waals surface area (Å²) >= 11 is 0. The SMILES string of the molecule is CCc1nnc(CN(C)S(=O)(=O)c2c(C)noc2C)o1. The first kappa shape index (κ1) is 14.7. The van der Waals surface area contributed by atoms with Gasteiger partial charge in [0, 0.05) is 13.5 Å². The first-order valence-corrected chi connectivity index (χ1v) is 7.50. The summed E-state index contributed by atoms with van der Waals surface area (Å²) in [4.78, 5) is 0.0789. The molecular weight excluding hydrogens is 284 g/mol. The lowest BCUT2D eigenvalue weighted by atomic mass is 10.4. The van der Waals surface area contributed by atoms with E-state index in [0.29, 0.717) is 18.0 Å². The average molecular weight is 300 g/mol. The fraction of sp³-hybridized carbons (Fsp3) is 0.545. The van der Waals surface area contributed by atoms with E-state index in [1.54, 1.807) is 13.8 Å². The van der Waals surface area contributed by atoms with Crippen molar-refractivity contribution in [2.75, 3.05) is 7.05 Å². The second-order valence-corrected chi connectivity index (χ2v) is 6.34. The summed E-state index contributed by atoms with van der Waals surface area (Å²) in [5.41, 5.74) is 0.328. The smallest absolute Gasteiger partial charge is 0.248 e. The third-order valence-corrected chi connectivity index (χ3v) is 4.85. The highest BCUT2D eigenvalue weighted by molar-refractivity contribution is 7.89. The zero-order chi connectivity index (χ0) is 14.9. The molecule has 0 spiro atoms. The van der Waals surface area contributed by atoms with Crippen LogP contribution in [-0.4, -0.2) is 35.1 Å². The van der Waals surface area contributed by atoms with Crippen LogP contribution in [-0.2, 0) is 23.0 Å². The minimum atomic E-state index is -3.70. The molecule has 0 saturated carbocycles. The highest BCUT2D eigenvalue weighted by atomic mass is 32.2. The van der Waals surface area contributed by atoms with E-state index in [-0.39, 0.29) is 23.1 Å². The number of aryl methyl sites for hydroxylation is 3. The summed E-state index contributed by atoms with van der Waals surface area (Å²) in [6, 6.07) is 0. The summed E-state index contributed by atoms with van der Waals surface area (Å²) < 4.78 is 36.2. The van der Waals surface area contributed by atoms with Crippen LogP contribution in [0.5, 0.6) is 0 Å². The summed E-state index contributed by atoms with van der Waals surface area (Å²) in [6.07, 6.45) is 0.604. The largest absolute Gasteiger partial charge is 0.424 e. The molecule has 0 N–H and O–H groups in total. The van der Waals surface area contributed by atoms with E-state index in [1.807, 2.05) is 6.92 Å². The van der Waals surface area contributed by atoms with Gasteiger partial charge in [-0.05, 0) is 13.8 Å². The number of aromatic nitrogens is 3. The van der Waals surface area contributed by atoms with Crippen LogP contribution in [0.3, 0.4) is 0 Å². The van der Waals surface area contributed by atoms with Crippen LogP contribution in [0, 0.1) is 13.8 Å². The van der Waals surface area contributed by atoms with Gasteiger partial charge in [0.2, 0.25) is 21.8 Å². The Morgan fingerprint density at radius 1 is 1.20 bits per heavy atom. The van der Waals surface area contributed by atoms with E-state index >= 15 is 0 Å². The van der Waals surface area contributed by atoms with Gasteiger partial charge in [0.1, 0.15) is 10.6 Å². The molecule has 0 aliphatic heterocycles. The van der Waals surface area contributed by atoms with Gasteiger partial charge in [0.05, 0.1) is 6.54 Å². The summed E-state index contributed by atoms with van der Waals surface area (Å²) in [7, 11) is -2.26. The van der Waals surface area contributed by atoms with Crippen molar-refractivity contribution in [2.45, 2.75) is 38.6 Å². The zero-order valence-electron chi connectivity index (χ0n) is 11.7. The predicted octanol–water partition coefficient (Wildman–Crippen LogP) is 1.06. The molecule has 8 nitrogen and oxygen atoms in total. The molecule has 0 unspecified atom stereocenters. The highest BCUT2D eigenvalue weighted by Crippen LogP contribution is 2.23. The Labute approximate surface area is 116 Å².